The minimum atomic E-state index is -4.41. The SMILES string of the molecule is CCC(CCCn1cc(C(F)(F)F)ccc1=O)NC. The Kier molecular flexibility index (Phi) is 5.60. The van der Waals surface area contributed by atoms with Gasteiger partial charge in [-0.2, -0.15) is 13.2 Å². The molecule has 0 spiro atoms. The summed E-state index contributed by atoms with van der Waals surface area (Å²) in [5, 5.41) is 3.12. The van der Waals surface area contributed by atoms with Gasteiger partial charge in [-0.3, -0.25) is 4.79 Å². The molecule has 0 saturated carbocycles. The number of halogens is 3. The molecule has 1 N–H and O–H groups in total. The number of hydrogen-bond donors (Lipinski definition) is 1. The van der Waals surface area contributed by atoms with Crippen LogP contribution >= 0.6 is 0 Å². The van der Waals surface area contributed by atoms with Gasteiger partial charge in [-0.25, -0.2) is 0 Å². The van der Waals surface area contributed by atoms with E-state index in [0.29, 0.717) is 19.0 Å². The summed E-state index contributed by atoms with van der Waals surface area (Å²) in [6.45, 7) is 2.35. The Hall–Kier alpha value is -1.30. The summed E-state index contributed by atoms with van der Waals surface area (Å²) in [6.07, 6.45) is -1.07. The van der Waals surface area contributed by atoms with Crippen LogP contribution in [0.4, 0.5) is 13.2 Å². The van der Waals surface area contributed by atoms with Crippen LogP contribution in [0.3, 0.4) is 0 Å². The Bertz CT molecular complexity index is 450. The second-order valence-corrected chi connectivity index (χ2v) is 4.48. The van der Waals surface area contributed by atoms with Gasteiger partial charge in [-0.1, -0.05) is 6.92 Å². The van der Waals surface area contributed by atoms with Crippen LogP contribution < -0.4 is 10.9 Å². The fourth-order valence-corrected chi connectivity index (χ4v) is 1.93. The van der Waals surface area contributed by atoms with Crippen molar-refractivity contribution in [3.05, 3.63) is 34.2 Å². The molecule has 19 heavy (non-hydrogen) atoms. The van der Waals surface area contributed by atoms with Gasteiger partial charge in [0, 0.05) is 24.8 Å². The first-order valence-electron chi connectivity index (χ1n) is 6.33. The smallest absolute Gasteiger partial charge is 0.317 e. The van der Waals surface area contributed by atoms with Crippen molar-refractivity contribution in [2.45, 2.75) is 44.9 Å². The van der Waals surface area contributed by atoms with E-state index in [0.717, 1.165) is 35.7 Å². The molecule has 0 radical (unpaired) electrons. The summed E-state index contributed by atoms with van der Waals surface area (Å²) in [6, 6.07) is 2.13. The predicted octanol–water partition coefficient (Wildman–Crippen LogP) is 2.65. The molecule has 1 heterocycles. The molecule has 1 unspecified atom stereocenters. The zero-order chi connectivity index (χ0) is 14.5. The third-order valence-electron chi connectivity index (χ3n) is 3.16. The number of rotatable bonds is 6. The second-order valence-electron chi connectivity index (χ2n) is 4.48. The van der Waals surface area contributed by atoms with Crippen molar-refractivity contribution in [3.63, 3.8) is 0 Å². The molecule has 6 heteroatoms. The fraction of sp³-hybridized carbons (Fsp3) is 0.615. The quantitative estimate of drug-likeness (QED) is 0.866. The van der Waals surface area contributed by atoms with E-state index in [2.05, 4.69) is 5.32 Å². The molecule has 0 amide bonds. The lowest BCUT2D eigenvalue weighted by Gasteiger charge is -2.14. The molecule has 1 rings (SSSR count). The van der Waals surface area contributed by atoms with Crippen LogP contribution in [0.2, 0.25) is 0 Å². The van der Waals surface area contributed by atoms with Crippen LogP contribution in [0.1, 0.15) is 31.7 Å². The average molecular weight is 276 g/mol. The molecule has 0 aliphatic carbocycles. The number of nitrogens with one attached hydrogen (secondary N) is 1. The number of pyridine rings is 1. The first-order chi connectivity index (χ1) is 8.88. The van der Waals surface area contributed by atoms with Crippen LogP contribution in [0, 0.1) is 0 Å². The first kappa shape index (κ1) is 15.8. The van der Waals surface area contributed by atoms with E-state index >= 15 is 0 Å². The van der Waals surface area contributed by atoms with Gasteiger partial charge < -0.3 is 9.88 Å². The Morgan fingerprint density at radius 1 is 1.37 bits per heavy atom. The molecular weight excluding hydrogens is 257 g/mol. The first-order valence-corrected chi connectivity index (χ1v) is 6.33. The summed E-state index contributed by atoms with van der Waals surface area (Å²) in [7, 11) is 1.85. The number of alkyl halides is 3. The van der Waals surface area contributed by atoms with Crippen LogP contribution in [0.5, 0.6) is 0 Å². The molecule has 3 nitrogen and oxygen atoms in total. The molecule has 1 aromatic rings. The second kappa shape index (κ2) is 6.75. The van der Waals surface area contributed by atoms with E-state index in [-0.39, 0.29) is 0 Å². The molecule has 0 aromatic carbocycles. The van der Waals surface area contributed by atoms with Crippen molar-refractivity contribution in [2.75, 3.05) is 7.05 Å². The zero-order valence-corrected chi connectivity index (χ0v) is 11.1. The third kappa shape index (κ3) is 4.70. The lowest BCUT2D eigenvalue weighted by atomic mass is 10.1. The summed E-state index contributed by atoms with van der Waals surface area (Å²) < 4.78 is 38.7. The third-order valence-corrected chi connectivity index (χ3v) is 3.16. The van der Waals surface area contributed by atoms with E-state index in [9.17, 15) is 18.0 Å². The van der Waals surface area contributed by atoms with Crippen molar-refractivity contribution in [1.29, 1.82) is 0 Å². The van der Waals surface area contributed by atoms with Crippen LogP contribution in [0.25, 0.3) is 0 Å². The van der Waals surface area contributed by atoms with Gasteiger partial charge in [0.2, 0.25) is 0 Å². The predicted molar refractivity (Wildman–Crippen MR) is 68.1 cm³/mol. The highest BCUT2D eigenvalue weighted by atomic mass is 19.4. The number of aryl methyl sites for hydroxylation is 1. The summed E-state index contributed by atoms with van der Waals surface area (Å²) >= 11 is 0. The molecule has 1 aromatic heterocycles. The van der Waals surface area contributed by atoms with Crippen molar-refractivity contribution < 1.29 is 13.2 Å². The van der Waals surface area contributed by atoms with Gasteiger partial charge in [-0.15, -0.1) is 0 Å². The van der Waals surface area contributed by atoms with Gasteiger partial charge in [0.15, 0.2) is 0 Å². The molecular formula is C13H19F3N2O. The van der Waals surface area contributed by atoms with E-state index < -0.39 is 17.3 Å². The molecule has 1 atom stereocenters. The van der Waals surface area contributed by atoms with Crippen LogP contribution in [-0.2, 0) is 12.7 Å². The summed E-state index contributed by atoms with van der Waals surface area (Å²) in [5.41, 5.74) is -1.18. The van der Waals surface area contributed by atoms with Gasteiger partial charge in [0.25, 0.3) is 5.56 Å². The highest BCUT2D eigenvalue weighted by Gasteiger charge is 2.30. The van der Waals surface area contributed by atoms with E-state index in [1.54, 1.807) is 0 Å². The van der Waals surface area contributed by atoms with Crippen molar-refractivity contribution in [1.82, 2.24) is 9.88 Å². The fourth-order valence-electron chi connectivity index (χ4n) is 1.93. The average Bonchev–Trinajstić information content (AvgIpc) is 2.35. The molecule has 0 bridgehead atoms. The van der Waals surface area contributed by atoms with E-state index in [1.807, 2.05) is 14.0 Å². The summed E-state index contributed by atoms with van der Waals surface area (Å²) in [4.78, 5) is 11.5. The van der Waals surface area contributed by atoms with Gasteiger partial charge in [0.05, 0.1) is 5.56 Å². The maximum Gasteiger partial charge on any atom is 0.417 e. The molecule has 0 aliphatic rings. The number of hydrogen-bond acceptors (Lipinski definition) is 2. The maximum atomic E-state index is 12.5. The Labute approximate surface area is 110 Å². The minimum Gasteiger partial charge on any atom is -0.317 e. The maximum absolute atomic E-state index is 12.5. The van der Waals surface area contributed by atoms with E-state index in [1.165, 1.54) is 0 Å². The molecule has 108 valence electrons. The molecule has 0 fully saturated rings. The van der Waals surface area contributed by atoms with Crippen molar-refractivity contribution >= 4 is 0 Å². The van der Waals surface area contributed by atoms with Crippen molar-refractivity contribution in [3.8, 4) is 0 Å². The topological polar surface area (TPSA) is 34.0 Å². The van der Waals surface area contributed by atoms with E-state index in [4.69, 9.17) is 0 Å². The highest BCUT2D eigenvalue weighted by Crippen LogP contribution is 2.28. The lowest BCUT2D eigenvalue weighted by molar-refractivity contribution is -0.138. The largest absolute Gasteiger partial charge is 0.417 e. The van der Waals surface area contributed by atoms with Gasteiger partial charge in [-0.05, 0) is 32.4 Å². The Morgan fingerprint density at radius 2 is 2.05 bits per heavy atom. The monoisotopic (exact) mass is 276 g/mol. The van der Waals surface area contributed by atoms with Gasteiger partial charge >= 0.3 is 6.18 Å². The van der Waals surface area contributed by atoms with Crippen molar-refractivity contribution in [2.24, 2.45) is 0 Å². The zero-order valence-electron chi connectivity index (χ0n) is 11.1. The van der Waals surface area contributed by atoms with Crippen LogP contribution in [0.15, 0.2) is 23.1 Å². The minimum absolute atomic E-state index is 0.306. The Balaban J connectivity index is 2.70. The lowest BCUT2D eigenvalue weighted by Crippen LogP contribution is -2.26. The highest BCUT2D eigenvalue weighted by molar-refractivity contribution is 5.13. The van der Waals surface area contributed by atoms with Crippen LogP contribution in [-0.4, -0.2) is 17.7 Å². The van der Waals surface area contributed by atoms with Gasteiger partial charge in [0.1, 0.15) is 0 Å². The Morgan fingerprint density at radius 3 is 2.58 bits per heavy atom. The molecule has 0 saturated heterocycles. The normalized spacial score (nSPS) is 13.5. The summed E-state index contributed by atoms with van der Waals surface area (Å²) in [5.74, 6) is 0. The number of nitrogens with zero attached hydrogens (tertiary/aromatic N) is 1. The standard InChI is InChI=1S/C13H19F3N2O/c1-3-11(17-2)5-4-8-18-9-10(13(14,15)16)6-7-12(18)19/h6-7,9,11,17H,3-5,8H2,1-2H3. The molecule has 0 aliphatic heterocycles. The number of aromatic nitrogens is 1.